The number of aliphatic hydroxyl groups is 1. The zero-order valence-electron chi connectivity index (χ0n) is 14.2. The maximum absolute atomic E-state index is 12.8. The molecule has 2 atom stereocenters. The first-order valence-corrected chi connectivity index (χ1v) is 8.72. The molecule has 0 saturated carbocycles. The standard InChI is InChI=1S/C21H17ClN2O2/c1-3-18-16(11-13-7-6-10-17(22)19(13)23-18)12(2)24-20(25)14-8-4-5-9-15(14)21(24)26/h3-12,20,25H,1H2,2H3/t12-,20?/m0/s1. The zero-order chi connectivity index (χ0) is 18.4. The highest BCUT2D eigenvalue weighted by Crippen LogP contribution is 2.39. The van der Waals surface area contributed by atoms with Crippen molar-refractivity contribution in [3.05, 3.63) is 82.5 Å². The third kappa shape index (κ3) is 2.42. The lowest BCUT2D eigenvalue weighted by Crippen LogP contribution is -2.31. The number of halogens is 1. The third-order valence-corrected chi connectivity index (χ3v) is 5.19. The normalized spacial score (nSPS) is 17.4. The van der Waals surface area contributed by atoms with Crippen molar-refractivity contribution in [1.82, 2.24) is 9.88 Å². The SMILES string of the molecule is C=Cc1nc2c(Cl)cccc2cc1[C@H](C)N1C(=O)c2ccccc2C1O. The molecule has 3 aromatic rings. The molecular formula is C21H17ClN2O2. The molecule has 130 valence electrons. The summed E-state index contributed by atoms with van der Waals surface area (Å²) in [4.78, 5) is 18.9. The van der Waals surface area contributed by atoms with Crippen LogP contribution in [0.4, 0.5) is 0 Å². The van der Waals surface area contributed by atoms with Gasteiger partial charge in [0.15, 0.2) is 6.23 Å². The Morgan fingerprint density at radius 2 is 2.04 bits per heavy atom. The first-order valence-electron chi connectivity index (χ1n) is 8.34. The Balaban J connectivity index is 1.83. The van der Waals surface area contributed by atoms with Crippen molar-refractivity contribution in [2.75, 3.05) is 0 Å². The number of hydrogen-bond donors (Lipinski definition) is 1. The average molecular weight is 365 g/mol. The largest absolute Gasteiger partial charge is 0.369 e. The highest BCUT2D eigenvalue weighted by molar-refractivity contribution is 6.35. The molecule has 2 aromatic carbocycles. The number of para-hydroxylation sites is 1. The third-order valence-electron chi connectivity index (χ3n) is 4.89. The van der Waals surface area contributed by atoms with Crippen molar-refractivity contribution in [2.45, 2.75) is 19.2 Å². The van der Waals surface area contributed by atoms with E-state index < -0.39 is 6.23 Å². The van der Waals surface area contributed by atoms with E-state index in [2.05, 4.69) is 11.6 Å². The summed E-state index contributed by atoms with van der Waals surface area (Å²) in [6.45, 7) is 5.73. The Labute approximate surface area is 156 Å². The molecule has 5 heteroatoms. The van der Waals surface area contributed by atoms with Gasteiger partial charge in [-0.15, -0.1) is 0 Å². The molecule has 0 spiro atoms. The summed E-state index contributed by atoms with van der Waals surface area (Å²) in [7, 11) is 0. The molecule has 1 N–H and O–H groups in total. The summed E-state index contributed by atoms with van der Waals surface area (Å²) < 4.78 is 0. The van der Waals surface area contributed by atoms with Crippen LogP contribution in [-0.2, 0) is 0 Å². The van der Waals surface area contributed by atoms with Gasteiger partial charge < -0.3 is 10.0 Å². The van der Waals surface area contributed by atoms with Gasteiger partial charge >= 0.3 is 0 Å². The number of carbonyl (C=O) groups is 1. The van der Waals surface area contributed by atoms with Crippen LogP contribution in [0.25, 0.3) is 17.0 Å². The minimum Gasteiger partial charge on any atom is -0.369 e. The maximum atomic E-state index is 12.8. The van der Waals surface area contributed by atoms with E-state index in [9.17, 15) is 9.90 Å². The van der Waals surface area contributed by atoms with Crippen LogP contribution in [0.3, 0.4) is 0 Å². The van der Waals surface area contributed by atoms with Crippen LogP contribution in [0.1, 0.15) is 46.4 Å². The van der Waals surface area contributed by atoms with Gasteiger partial charge in [0.2, 0.25) is 0 Å². The Kier molecular flexibility index (Phi) is 4.02. The van der Waals surface area contributed by atoms with Crippen molar-refractivity contribution < 1.29 is 9.90 Å². The monoisotopic (exact) mass is 364 g/mol. The highest BCUT2D eigenvalue weighted by Gasteiger charge is 2.39. The number of pyridine rings is 1. The van der Waals surface area contributed by atoms with E-state index >= 15 is 0 Å². The van der Waals surface area contributed by atoms with Gasteiger partial charge in [-0.3, -0.25) is 4.79 Å². The second kappa shape index (κ2) is 6.24. The molecule has 1 amide bonds. The molecule has 4 nitrogen and oxygen atoms in total. The first-order chi connectivity index (χ1) is 12.5. The molecule has 1 unspecified atom stereocenters. The highest BCUT2D eigenvalue weighted by atomic mass is 35.5. The number of nitrogens with zero attached hydrogens (tertiary/aromatic N) is 2. The zero-order valence-corrected chi connectivity index (χ0v) is 14.9. The lowest BCUT2D eigenvalue weighted by atomic mass is 10.0. The number of aliphatic hydroxyl groups excluding tert-OH is 1. The van der Waals surface area contributed by atoms with Crippen LogP contribution in [-0.4, -0.2) is 20.9 Å². The van der Waals surface area contributed by atoms with Gasteiger partial charge in [0.25, 0.3) is 5.91 Å². The predicted molar refractivity (Wildman–Crippen MR) is 103 cm³/mol. The number of hydrogen-bond acceptors (Lipinski definition) is 3. The number of fused-ring (bicyclic) bond motifs is 2. The van der Waals surface area contributed by atoms with E-state index in [0.29, 0.717) is 27.4 Å². The van der Waals surface area contributed by atoms with E-state index in [0.717, 1.165) is 10.9 Å². The van der Waals surface area contributed by atoms with Crippen LogP contribution in [0.5, 0.6) is 0 Å². The quantitative estimate of drug-likeness (QED) is 0.730. The van der Waals surface area contributed by atoms with Gasteiger partial charge in [0.1, 0.15) is 0 Å². The maximum Gasteiger partial charge on any atom is 0.257 e. The fourth-order valence-corrected chi connectivity index (χ4v) is 3.77. The van der Waals surface area contributed by atoms with E-state index in [1.54, 1.807) is 30.3 Å². The van der Waals surface area contributed by atoms with Gasteiger partial charge in [0.05, 0.1) is 22.3 Å². The molecule has 0 fully saturated rings. The van der Waals surface area contributed by atoms with Crippen molar-refractivity contribution >= 4 is 34.5 Å². The molecule has 4 rings (SSSR count). The van der Waals surface area contributed by atoms with Crippen molar-refractivity contribution in [3.8, 4) is 0 Å². The first kappa shape index (κ1) is 16.8. The van der Waals surface area contributed by atoms with Crippen LogP contribution in [0.15, 0.2) is 55.1 Å². The lowest BCUT2D eigenvalue weighted by molar-refractivity contribution is -0.000378. The average Bonchev–Trinajstić information content (AvgIpc) is 2.91. The Morgan fingerprint density at radius 1 is 1.27 bits per heavy atom. The number of rotatable bonds is 3. The molecule has 0 radical (unpaired) electrons. The fraction of sp³-hybridized carbons (Fsp3) is 0.143. The van der Waals surface area contributed by atoms with Gasteiger partial charge in [-0.2, -0.15) is 0 Å². The van der Waals surface area contributed by atoms with Crippen LogP contribution in [0.2, 0.25) is 5.02 Å². The Morgan fingerprint density at radius 3 is 2.77 bits per heavy atom. The van der Waals surface area contributed by atoms with E-state index in [1.165, 1.54) is 4.90 Å². The number of benzene rings is 2. The van der Waals surface area contributed by atoms with Gasteiger partial charge in [-0.05, 0) is 31.2 Å². The van der Waals surface area contributed by atoms with E-state index in [-0.39, 0.29) is 11.9 Å². The van der Waals surface area contributed by atoms with Crippen LogP contribution in [0, 0.1) is 0 Å². The van der Waals surface area contributed by atoms with Gasteiger partial charge in [-0.25, -0.2) is 4.98 Å². The summed E-state index contributed by atoms with van der Waals surface area (Å²) >= 11 is 6.25. The summed E-state index contributed by atoms with van der Waals surface area (Å²) in [5.41, 5.74) is 3.31. The molecule has 26 heavy (non-hydrogen) atoms. The number of carbonyl (C=O) groups excluding carboxylic acids is 1. The molecule has 1 aliphatic heterocycles. The molecular weight excluding hydrogens is 348 g/mol. The second-order valence-electron chi connectivity index (χ2n) is 6.33. The summed E-state index contributed by atoms with van der Waals surface area (Å²) in [6, 6.07) is 14.3. The molecule has 1 aromatic heterocycles. The molecule has 0 saturated heterocycles. The topological polar surface area (TPSA) is 53.4 Å². The lowest BCUT2D eigenvalue weighted by Gasteiger charge is -2.29. The summed E-state index contributed by atoms with van der Waals surface area (Å²) in [5, 5.41) is 12.1. The van der Waals surface area contributed by atoms with Crippen LogP contribution < -0.4 is 0 Å². The smallest absolute Gasteiger partial charge is 0.257 e. The summed E-state index contributed by atoms with van der Waals surface area (Å²) in [5.74, 6) is -0.193. The number of amides is 1. The second-order valence-corrected chi connectivity index (χ2v) is 6.74. The Hall–Kier alpha value is -2.69. The van der Waals surface area contributed by atoms with Crippen molar-refractivity contribution in [3.63, 3.8) is 0 Å². The van der Waals surface area contributed by atoms with Crippen LogP contribution >= 0.6 is 11.6 Å². The van der Waals surface area contributed by atoms with Gasteiger partial charge in [0, 0.05) is 22.1 Å². The molecule has 0 bridgehead atoms. The van der Waals surface area contributed by atoms with Gasteiger partial charge in [-0.1, -0.05) is 48.5 Å². The minimum absolute atomic E-state index is 0.193. The van der Waals surface area contributed by atoms with E-state index in [4.69, 9.17) is 11.6 Å². The molecule has 1 aliphatic rings. The summed E-state index contributed by atoms with van der Waals surface area (Å²) in [6.07, 6.45) is 0.663. The van der Waals surface area contributed by atoms with E-state index in [1.807, 2.05) is 31.2 Å². The molecule has 0 aliphatic carbocycles. The number of aromatic nitrogens is 1. The van der Waals surface area contributed by atoms with Crippen molar-refractivity contribution in [2.24, 2.45) is 0 Å². The van der Waals surface area contributed by atoms with Crippen molar-refractivity contribution in [1.29, 1.82) is 0 Å². The minimum atomic E-state index is -0.985. The molecule has 2 heterocycles. The Bertz CT molecular complexity index is 1050. The fourth-order valence-electron chi connectivity index (χ4n) is 3.55. The predicted octanol–water partition coefficient (Wildman–Crippen LogP) is 4.74.